The SMILES string of the molecule is Cn1cc2c(F)c(NC(=O)N3CCc4c(N5CCN(C(=O)OC(C)(C)C)C6(CC6)C5)ccnc43)ccc2n1. The molecule has 1 saturated heterocycles. The quantitative estimate of drug-likeness (QED) is 0.541. The van der Waals surface area contributed by atoms with Gasteiger partial charge in [-0.05, 0) is 58.2 Å². The Bertz CT molecular complexity index is 1440. The molecular formula is C27H32FN7O3. The summed E-state index contributed by atoms with van der Waals surface area (Å²) in [6.45, 7) is 8.06. The van der Waals surface area contributed by atoms with Crippen LogP contribution in [0.15, 0.2) is 30.6 Å². The Hall–Kier alpha value is -3.89. The van der Waals surface area contributed by atoms with Gasteiger partial charge in [-0.15, -0.1) is 0 Å². The van der Waals surface area contributed by atoms with E-state index in [2.05, 4.69) is 20.3 Å². The number of halogens is 1. The summed E-state index contributed by atoms with van der Waals surface area (Å²) in [5.74, 6) is 0.0740. The van der Waals surface area contributed by atoms with Crippen molar-refractivity contribution in [1.82, 2.24) is 19.7 Å². The van der Waals surface area contributed by atoms with Gasteiger partial charge < -0.3 is 15.0 Å². The Labute approximate surface area is 220 Å². The molecule has 6 rings (SSSR count). The molecule has 4 heterocycles. The summed E-state index contributed by atoms with van der Waals surface area (Å²) in [4.78, 5) is 36.3. The second-order valence-corrected chi connectivity index (χ2v) is 11.4. The molecule has 2 aliphatic heterocycles. The van der Waals surface area contributed by atoms with Gasteiger partial charge in [0.1, 0.15) is 11.4 Å². The molecule has 10 nitrogen and oxygen atoms in total. The molecule has 3 amide bonds. The summed E-state index contributed by atoms with van der Waals surface area (Å²) in [6.07, 6.45) is 5.58. The fourth-order valence-electron chi connectivity index (χ4n) is 5.58. The third kappa shape index (κ3) is 4.19. The first-order valence-corrected chi connectivity index (χ1v) is 13.0. The van der Waals surface area contributed by atoms with Gasteiger partial charge in [-0.25, -0.2) is 19.0 Å². The number of amides is 3. The van der Waals surface area contributed by atoms with Crippen LogP contribution in [-0.4, -0.2) is 69.1 Å². The molecule has 1 N–H and O–H groups in total. The molecule has 0 unspecified atom stereocenters. The zero-order valence-corrected chi connectivity index (χ0v) is 22.1. The number of aromatic nitrogens is 3. The molecule has 0 bridgehead atoms. The minimum Gasteiger partial charge on any atom is -0.444 e. The average molecular weight is 522 g/mol. The first-order valence-electron chi connectivity index (χ1n) is 13.0. The van der Waals surface area contributed by atoms with Crippen molar-refractivity contribution in [1.29, 1.82) is 0 Å². The minimum atomic E-state index is -0.535. The molecule has 1 spiro atoms. The van der Waals surface area contributed by atoms with Crippen molar-refractivity contribution in [3.63, 3.8) is 0 Å². The van der Waals surface area contributed by atoms with Crippen LogP contribution in [-0.2, 0) is 18.2 Å². The lowest BCUT2D eigenvalue weighted by atomic mass is 10.1. The van der Waals surface area contributed by atoms with E-state index in [4.69, 9.17) is 4.74 Å². The van der Waals surface area contributed by atoms with E-state index in [1.54, 1.807) is 35.1 Å². The van der Waals surface area contributed by atoms with Crippen LogP contribution in [0, 0.1) is 5.82 Å². The van der Waals surface area contributed by atoms with Gasteiger partial charge in [0.2, 0.25) is 0 Å². The van der Waals surface area contributed by atoms with Gasteiger partial charge in [-0.3, -0.25) is 14.5 Å². The van der Waals surface area contributed by atoms with E-state index in [1.165, 1.54) is 6.07 Å². The number of benzene rings is 1. The summed E-state index contributed by atoms with van der Waals surface area (Å²) in [6, 6.07) is 4.77. The summed E-state index contributed by atoms with van der Waals surface area (Å²) < 4.78 is 22.3. The maximum atomic E-state index is 15.0. The van der Waals surface area contributed by atoms with Crippen LogP contribution in [0.1, 0.15) is 39.2 Å². The fraction of sp³-hybridized carbons (Fsp3) is 0.481. The molecule has 2 aromatic heterocycles. The number of nitrogens with zero attached hydrogens (tertiary/aromatic N) is 6. The highest BCUT2D eigenvalue weighted by molar-refractivity contribution is 6.04. The highest BCUT2D eigenvalue weighted by Gasteiger charge is 2.54. The lowest BCUT2D eigenvalue weighted by Gasteiger charge is -2.43. The maximum Gasteiger partial charge on any atom is 0.410 e. The van der Waals surface area contributed by atoms with Crippen molar-refractivity contribution >= 4 is 40.2 Å². The molecular weight excluding hydrogens is 489 g/mol. The first-order chi connectivity index (χ1) is 18.0. The Balaban J connectivity index is 1.20. The number of pyridine rings is 1. The number of rotatable bonds is 2. The summed E-state index contributed by atoms with van der Waals surface area (Å²) in [5, 5.41) is 7.28. The predicted octanol–water partition coefficient (Wildman–Crippen LogP) is 4.29. The van der Waals surface area contributed by atoms with Crippen molar-refractivity contribution in [2.45, 2.75) is 51.2 Å². The zero-order valence-electron chi connectivity index (χ0n) is 22.1. The van der Waals surface area contributed by atoms with E-state index in [0.717, 1.165) is 24.1 Å². The molecule has 11 heteroatoms. The highest BCUT2D eigenvalue weighted by Crippen LogP contribution is 2.47. The van der Waals surface area contributed by atoms with Crippen LogP contribution < -0.4 is 15.1 Å². The molecule has 1 aromatic carbocycles. The van der Waals surface area contributed by atoms with Crippen LogP contribution in [0.2, 0.25) is 0 Å². The number of aryl methyl sites for hydroxylation is 1. The number of fused-ring (bicyclic) bond motifs is 2. The monoisotopic (exact) mass is 521 g/mol. The van der Waals surface area contributed by atoms with E-state index < -0.39 is 17.4 Å². The highest BCUT2D eigenvalue weighted by atomic mass is 19.1. The number of urea groups is 1. The average Bonchev–Trinajstić information content (AvgIpc) is 3.29. The number of carbonyl (C=O) groups is 2. The third-order valence-corrected chi connectivity index (χ3v) is 7.51. The van der Waals surface area contributed by atoms with Gasteiger partial charge in [0.25, 0.3) is 0 Å². The van der Waals surface area contributed by atoms with E-state index in [9.17, 15) is 9.59 Å². The number of nitrogens with one attached hydrogen (secondary N) is 1. The minimum absolute atomic E-state index is 0.106. The van der Waals surface area contributed by atoms with Gasteiger partial charge in [0.05, 0.1) is 22.1 Å². The summed E-state index contributed by atoms with van der Waals surface area (Å²) >= 11 is 0. The molecule has 3 aromatic rings. The van der Waals surface area contributed by atoms with E-state index in [-0.39, 0.29) is 17.3 Å². The van der Waals surface area contributed by atoms with Gasteiger partial charge >= 0.3 is 12.1 Å². The third-order valence-electron chi connectivity index (χ3n) is 7.51. The van der Waals surface area contributed by atoms with Crippen molar-refractivity contribution in [2.24, 2.45) is 7.05 Å². The number of hydrogen-bond donors (Lipinski definition) is 1. The smallest absolute Gasteiger partial charge is 0.410 e. The largest absolute Gasteiger partial charge is 0.444 e. The topological polar surface area (TPSA) is 95.8 Å². The van der Waals surface area contributed by atoms with E-state index >= 15 is 4.39 Å². The molecule has 38 heavy (non-hydrogen) atoms. The number of anilines is 3. The van der Waals surface area contributed by atoms with Crippen molar-refractivity contribution in [3.8, 4) is 0 Å². The van der Waals surface area contributed by atoms with Crippen LogP contribution in [0.5, 0.6) is 0 Å². The van der Waals surface area contributed by atoms with Crippen LogP contribution in [0.25, 0.3) is 10.9 Å². The van der Waals surface area contributed by atoms with Crippen LogP contribution in [0.3, 0.4) is 0 Å². The van der Waals surface area contributed by atoms with Crippen molar-refractivity contribution in [2.75, 3.05) is 41.3 Å². The normalized spacial score (nSPS) is 18.2. The standard InChI is InChI=1S/C27H32FN7O3/c1-26(2,3)38-25(37)35-14-13-33(16-27(35)9-10-27)21-7-11-29-23-17(21)8-12-34(23)24(36)30-20-6-5-19-18(22(20)28)15-32(4)31-19/h5-7,11,15H,8-10,12-14,16H2,1-4H3,(H,30,36). The Morgan fingerprint density at radius 2 is 1.92 bits per heavy atom. The molecule has 1 saturated carbocycles. The Morgan fingerprint density at radius 1 is 1.13 bits per heavy atom. The number of piperazine rings is 1. The molecule has 2 fully saturated rings. The lowest BCUT2D eigenvalue weighted by Crippen LogP contribution is -2.58. The first kappa shape index (κ1) is 24.4. The second-order valence-electron chi connectivity index (χ2n) is 11.4. The van der Waals surface area contributed by atoms with Gasteiger partial charge in [0.15, 0.2) is 5.82 Å². The number of ether oxygens (including phenoxy) is 1. The Kier molecular flexibility index (Phi) is 5.51. The van der Waals surface area contributed by atoms with Crippen LogP contribution in [0.4, 0.5) is 31.2 Å². The lowest BCUT2D eigenvalue weighted by molar-refractivity contribution is 0.0106. The fourth-order valence-corrected chi connectivity index (χ4v) is 5.58. The second kappa shape index (κ2) is 8.57. The Morgan fingerprint density at radius 3 is 2.66 bits per heavy atom. The van der Waals surface area contributed by atoms with Gasteiger partial charge in [-0.1, -0.05) is 0 Å². The molecule has 0 radical (unpaired) electrons. The maximum absolute atomic E-state index is 15.0. The van der Waals surface area contributed by atoms with Gasteiger partial charge in [-0.2, -0.15) is 5.10 Å². The van der Waals surface area contributed by atoms with Gasteiger partial charge in [0, 0.05) is 56.9 Å². The van der Waals surface area contributed by atoms with Crippen molar-refractivity contribution in [3.05, 3.63) is 42.0 Å². The number of carbonyl (C=O) groups excluding carboxylic acids is 2. The summed E-state index contributed by atoms with van der Waals surface area (Å²) in [7, 11) is 1.73. The molecule has 1 aliphatic carbocycles. The van der Waals surface area contributed by atoms with Crippen LogP contribution >= 0.6 is 0 Å². The zero-order chi connectivity index (χ0) is 26.8. The summed E-state index contributed by atoms with van der Waals surface area (Å²) in [5.41, 5.74) is 1.91. The molecule has 3 aliphatic rings. The predicted molar refractivity (Wildman–Crippen MR) is 142 cm³/mol. The molecule has 0 atom stereocenters. The molecule has 200 valence electrons. The van der Waals surface area contributed by atoms with Crippen molar-refractivity contribution < 1.29 is 18.7 Å². The van der Waals surface area contributed by atoms with E-state index in [0.29, 0.717) is 49.3 Å². The number of hydrogen-bond acceptors (Lipinski definition) is 6. The van der Waals surface area contributed by atoms with E-state index in [1.807, 2.05) is 31.7 Å².